The van der Waals surface area contributed by atoms with E-state index in [0.29, 0.717) is 5.02 Å². The second kappa shape index (κ2) is 5.18. The van der Waals surface area contributed by atoms with Gasteiger partial charge in [0.1, 0.15) is 0 Å². The van der Waals surface area contributed by atoms with Crippen LogP contribution < -0.4 is 8.39 Å². The van der Waals surface area contributed by atoms with Crippen molar-refractivity contribution in [3.63, 3.8) is 0 Å². The van der Waals surface area contributed by atoms with Gasteiger partial charge in [0.2, 0.25) is 0 Å². The number of hydrogen-bond acceptors (Lipinski definition) is 1. The molecular formula is C8H7Cl2HgNO. The SMILES string of the molecule is CC(=O)Nc1ccc(Cl)c[c]1[Hg][Cl]. The van der Waals surface area contributed by atoms with Crippen LogP contribution in [0.1, 0.15) is 6.92 Å². The van der Waals surface area contributed by atoms with E-state index >= 15 is 0 Å². The number of anilines is 1. The third-order valence-electron chi connectivity index (χ3n) is 1.52. The molecule has 0 atom stereocenters. The number of halogens is 2. The molecule has 13 heavy (non-hydrogen) atoms. The summed E-state index contributed by atoms with van der Waals surface area (Å²) in [5.74, 6) is -0.0814. The Morgan fingerprint density at radius 3 is 2.77 bits per heavy atom. The van der Waals surface area contributed by atoms with E-state index in [9.17, 15) is 4.79 Å². The van der Waals surface area contributed by atoms with Crippen molar-refractivity contribution in [3.05, 3.63) is 23.2 Å². The van der Waals surface area contributed by atoms with Crippen molar-refractivity contribution in [1.82, 2.24) is 0 Å². The van der Waals surface area contributed by atoms with Crippen molar-refractivity contribution in [2.75, 3.05) is 5.32 Å². The summed E-state index contributed by atoms with van der Waals surface area (Å²) in [7, 11) is 5.90. The number of nitrogens with one attached hydrogen (secondary N) is 1. The molecule has 1 N–H and O–H groups in total. The van der Waals surface area contributed by atoms with Gasteiger partial charge >= 0.3 is 98.1 Å². The molecule has 2 nitrogen and oxygen atoms in total. The van der Waals surface area contributed by atoms with Crippen LogP contribution in [0.4, 0.5) is 5.69 Å². The molecule has 0 spiro atoms. The van der Waals surface area contributed by atoms with Crippen molar-refractivity contribution in [2.45, 2.75) is 6.92 Å². The summed E-state index contributed by atoms with van der Waals surface area (Å²) in [5.41, 5.74) is 0.813. The fourth-order valence-electron chi connectivity index (χ4n) is 0.984. The van der Waals surface area contributed by atoms with Crippen molar-refractivity contribution in [1.29, 1.82) is 0 Å². The summed E-state index contributed by atoms with van der Waals surface area (Å²) in [4.78, 5) is 10.8. The molecule has 0 unspecified atom stereocenters. The molecule has 0 saturated heterocycles. The van der Waals surface area contributed by atoms with Crippen molar-refractivity contribution >= 4 is 34.5 Å². The summed E-state index contributed by atoms with van der Waals surface area (Å²) in [6.07, 6.45) is 0. The molecule has 0 aliphatic carbocycles. The fourth-order valence-corrected chi connectivity index (χ4v) is 6.14. The third kappa shape index (κ3) is 3.45. The molecular weight excluding hydrogens is 398 g/mol. The number of benzene rings is 1. The van der Waals surface area contributed by atoms with E-state index in [1.807, 2.05) is 6.07 Å². The quantitative estimate of drug-likeness (QED) is 0.752. The first-order valence-corrected chi connectivity index (χ1v) is 13.6. The van der Waals surface area contributed by atoms with E-state index in [1.54, 1.807) is 12.1 Å². The molecule has 66 valence electrons. The summed E-state index contributed by atoms with van der Waals surface area (Å²) in [5, 5.41) is 3.40. The zero-order valence-electron chi connectivity index (χ0n) is 7.10. The Morgan fingerprint density at radius 2 is 2.23 bits per heavy atom. The first-order valence-electron chi connectivity index (χ1n) is 3.75. The van der Waals surface area contributed by atoms with Gasteiger partial charge in [-0.15, -0.1) is 0 Å². The van der Waals surface area contributed by atoms with Gasteiger partial charge in [0.05, 0.1) is 0 Å². The van der Waals surface area contributed by atoms with Crippen molar-refractivity contribution in [2.24, 2.45) is 0 Å². The number of rotatable bonds is 2. The number of carbonyl (C=O) groups excluding carboxylic acids is 1. The van der Waals surface area contributed by atoms with Gasteiger partial charge in [0, 0.05) is 0 Å². The van der Waals surface area contributed by atoms with E-state index in [2.05, 4.69) is 5.32 Å². The van der Waals surface area contributed by atoms with Crippen LogP contribution in [0.5, 0.6) is 0 Å². The maximum absolute atomic E-state index is 10.8. The molecule has 1 amide bonds. The number of hydrogen-bond donors (Lipinski definition) is 1. The maximum atomic E-state index is 10.8. The van der Waals surface area contributed by atoms with E-state index in [4.69, 9.17) is 19.9 Å². The van der Waals surface area contributed by atoms with Crippen LogP contribution in [0, 0.1) is 0 Å². The van der Waals surface area contributed by atoms with Gasteiger partial charge in [0.15, 0.2) is 0 Å². The topological polar surface area (TPSA) is 29.1 Å². The van der Waals surface area contributed by atoms with Crippen LogP contribution in [-0.2, 0) is 28.1 Å². The average Bonchev–Trinajstić information content (AvgIpc) is 2.07. The molecule has 0 radical (unpaired) electrons. The Kier molecular flexibility index (Phi) is 4.49. The molecule has 0 saturated carbocycles. The molecule has 1 rings (SSSR count). The molecule has 0 fully saturated rings. The van der Waals surface area contributed by atoms with E-state index in [-0.39, 0.29) is 5.91 Å². The first-order chi connectivity index (χ1) is 6.13. The Hall–Kier alpha value is 0.205. The van der Waals surface area contributed by atoms with Gasteiger partial charge in [-0.1, -0.05) is 0 Å². The van der Waals surface area contributed by atoms with Crippen molar-refractivity contribution in [3.8, 4) is 0 Å². The van der Waals surface area contributed by atoms with Crippen LogP contribution in [0.15, 0.2) is 18.2 Å². The Balaban J connectivity index is 2.99. The Morgan fingerprint density at radius 1 is 1.54 bits per heavy atom. The summed E-state index contributed by atoms with van der Waals surface area (Å²) in [6.45, 7) is 1.48. The predicted octanol–water partition coefficient (Wildman–Crippen LogP) is 2.16. The van der Waals surface area contributed by atoms with Crippen LogP contribution in [0.3, 0.4) is 0 Å². The molecule has 5 heteroatoms. The minimum absolute atomic E-state index is 0.0814. The normalized spacial score (nSPS) is 9.15. The first kappa shape index (κ1) is 11.3. The van der Waals surface area contributed by atoms with Crippen LogP contribution in [0.2, 0.25) is 5.02 Å². The number of amides is 1. The monoisotopic (exact) mass is 405 g/mol. The van der Waals surface area contributed by atoms with E-state index in [0.717, 1.165) is 8.76 Å². The van der Waals surface area contributed by atoms with Gasteiger partial charge in [-0.25, -0.2) is 0 Å². The van der Waals surface area contributed by atoms with E-state index < -0.39 is 23.3 Å². The van der Waals surface area contributed by atoms with Gasteiger partial charge in [-0.2, -0.15) is 0 Å². The van der Waals surface area contributed by atoms with Crippen LogP contribution in [0.25, 0.3) is 0 Å². The molecule has 0 aliphatic rings. The molecule has 1 aromatic rings. The zero-order chi connectivity index (χ0) is 9.84. The van der Waals surface area contributed by atoms with E-state index in [1.165, 1.54) is 6.92 Å². The molecule has 0 aliphatic heterocycles. The van der Waals surface area contributed by atoms with Crippen LogP contribution in [-0.4, -0.2) is 5.91 Å². The Labute approximate surface area is 97.5 Å². The van der Waals surface area contributed by atoms with Crippen LogP contribution >= 0.6 is 19.9 Å². The second-order valence-electron chi connectivity index (χ2n) is 2.62. The van der Waals surface area contributed by atoms with Gasteiger partial charge < -0.3 is 0 Å². The van der Waals surface area contributed by atoms with Gasteiger partial charge in [-0.3, -0.25) is 0 Å². The minimum atomic E-state index is -1.52. The molecule has 1 aromatic carbocycles. The summed E-state index contributed by atoms with van der Waals surface area (Å²) in [6, 6.07) is 5.37. The number of carbonyl (C=O) groups is 1. The second-order valence-corrected chi connectivity index (χ2v) is 9.40. The molecule has 0 aromatic heterocycles. The molecule has 0 bridgehead atoms. The Bertz CT molecular complexity index is 330. The summed E-state index contributed by atoms with van der Waals surface area (Å²) >= 11 is 4.27. The fraction of sp³-hybridized carbons (Fsp3) is 0.125. The molecule has 0 heterocycles. The van der Waals surface area contributed by atoms with Gasteiger partial charge in [-0.05, 0) is 0 Å². The van der Waals surface area contributed by atoms with Gasteiger partial charge in [0.25, 0.3) is 0 Å². The third-order valence-corrected chi connectivity index (χ3v) is 7.68. The zero-order valence-corrected chi connectivity index (χ0v) is 14.1. The standard InChI is InChI=1S/C8H7ClNO.ClH.Hg/c1-6(11)10-8-4-2-7(9)3-5-8;;/h2-4H,1H3,(H,10,11);1H;/q;;+1/p-1. The average molecular weight is 405 g/mol. The summed E-state index contributed by atoms with van der Waals surface area (Å²) < 4.78 is 1.05. The predicted molar refractivity (Wildman–Crippen MR) is 51.2 cm³/mol. The van der Waals surface area contributed by atoms with Crippen molar-refractivity contribution < 1.29 is 28.1 Å².